The average Bonchev–Trinajstić information content (AvgIpc) is 2.40. The molecular weight excluding hydrogens is 239 g/mol. The zero-order valence-electron chi connectivity index (χ0n) is 12.2. The number of hydrogen-bond acceptors (Lipinski definition) is 2. The van der Waals surface area contributed by atoms with E-state index < -0.39 is 0 Å². The van der Waals surface area contributed by atoms with Gasteiger partial charge in [0.2, 0.25) is 0 Å². The lowest BCUT2D eigenvalue weighted by Crippen LogP contribution is -2.18. The summed E-state index contributed by atoms with van der Waals surface area (Å²) in [6, 6.07) is 6.13. The fraction of sp³-hybridized carbons (Fsp3) is 0.500. The molecule has 2 N–H and O–H groups in total. The number of benzene rings is 1. The summed E-state index contributed by atoms with van der Waals surface area (Å²) >= 11 is 0. The van der Waals surface area contributed by atoms with Gasteiger partial charge in [0.15, 0.2) is 0 Å². The summed E-state index contributed by atoms with van der Waals surface area (Å²) in [7, 11) is 0. The number of halogens is 1. The molecule has 19 heavy (non-hydrogen) atoms. The molecule has 1 rings (SSSR count). The molecule has 0 aliphatic carbocycles. The van der Waals surface area contributed by atoms with Gasteiger partial charge in [-0.25, -0.2) is 0 Å². The van der Waals surface area contributed by atoms with E-state index in [4.69, 9.17) is 12.2 Å². The summed E-state index contributed by atoms with van der Waals surface area (Å²) in [6.45, 7) is 7.60. The van der Waals surface area contributed by atoms with E-state index in [1.165, 1.54) is 11.1 Å². The number of terminal acetylenes is 1. The van der Waals surface area contributed by atoms with E-state index in [0.29, 0.717) is 19.6 Å². The topological polar surface area (TPSA) is 29.3 Å². The van der Waals surface area contributed by atoms with Crippen molar-refractivity contribution in [3.63, 3.8) is 0 Å². The van der Waals surface area contributed by atoms with Crippen molar-refractivity contribution < 1.29 is 4.48 Å². The van der Waals surface area contributed by atoms with Crippen molar-refractivity contribution >= 4 is 0 Å². The zero-order valence-corrected chi connectivity index (χ0v) is 12.2. The standard InChI is InChI=1S/C10H10.C6H15FN2/c1-4-10-7-8(2)5-6-9(10)3;1-2-5-9(7)6-3-4-8/h1,5-7H,2-3H3;2-6,8H2,1H3. The number of nitrogens with two attached hydrogens (primary N) is 1. The molecule has 0 atom stereocenters. The van der Waals surface area contributed by atoms with Crippen molar-refractivity contribution in [3.8, 4) is 12.3 Å². The Hall–Kier alpha value is -1.37. The average molecular weight is 264 g/mol. The second-order valence-corrected chi connectivity index (χ2v) is 4.51. The van der Waals surface area contributed by atoms with Gasteiger partial charge in [-0.15, -0.1) is 16.0 Å². The fourth-order valence-corrected chi connectivity index (χ4v) is 1.51. The summed E-state index contributed by atoms with van der Waals surface area (Å²) in [5.74, 6) is 2.64. The molecule has 0 spiro atoms. The molecule has 1 aromatic rings. The Labute approximate surface area is 116 Å². The lowest BCUT2D eigenvalue weighted by molar-refractivity contribution is 0.0252. The SMILES string of the molecule is C#Cc1cc(C)ccc1C.CCCN(F)CCCN. The molecule has 0 aliphatic rings. The summed E-state index contributed by atoms with van der Waals surface area (Å²) in [6.07, 6.45) is 6.88. The van der Waals surface area contributed by atoms with Gasteiger partial charge in [0, 0.05) is 18.7 Å². The van der Waals surface area contributed by atoms with E-state index >= 15 is 0 Å². The maximum Gasteiger partial charge on any atom is 0.0302 e. The number of hydrogen-bond donors (Lipinski definition) is 1. The molecule has 0 amide bonds. The second kappa shape index (κ2) is 10.5. The number of aryl methyl sites for hydroxylation is 2. The van der Waals surface area contributed by atoms with Crippen LogP contribution in [0.15, 0.2) is 18.2 Å². The Morgan fingerprint density at radius 1 is 1.32 bits per heavy atom. The molecule has 0 fully saturated rings. The maximum absolute atomic E-state index is 12.4. The molecule has 0 heterocycles. The predicted octanol–water partition coefficient (Wildman–Crippen LogP) is 3.22. The highest BCUT2D eigenvalue weighted by molar-refractivity contribution is 5.41. The van der Waals surface area contributed by atoms with Crippen molar-refractivity contribution in [1.82, 2.24) is 5.12 Å². The van der Waals surface area contributed by atoms with E-state index in [2.05, 4.69) is 12.0 Å². The van der Waals surface area contributed by atoms with Gasteiger partial charge in [0.05, 0.1) is 0 Å². The number of nitrogens with zero attached hydrogens (tertiary/aromatic N) is 1. The summed E-state index contributed by atoms with van der Waals surface area (Å²) in [5, 5.41) is 0.812. The van der Waals surface area contributed by atoms with Crippen molar-refractivity contribution in [2.24, 2.45) is 5.73 Å². The predicted molar refractivity (Wildman–Crippen MR) is 80.5 cm³/mol. The van der Waals surface area contributed by atoms with Crippen molar-refractivity contribution in [2.75, 3.05) is 19.6 Å². The van der Waals surface area contributed by atoms with Gasteiger partial charge < -0.3 is 5.73 Å². The smallest absolute Gasteiger partial charge is 0.0302 e. The first kappa shape index (κ1) is 17.6. The molecule has 0 radical (unpaired) electrons. The zero-order chi connectivity index (χ0) is 14.7. The third-order valence-corrected chi connectivity index (χ3v) is 2.62. The van der Waals surface area contributed by atoms with Gasteiger partial charge in [-0.2, -0.15) is 0 Å². The van der Waals surface area contributed by atoms with Crippen LogP contribution in [0.25, 0.3) is 0 Å². The Morgan fingerprint density at radius 3 is 2.47 bits per heavy atom. The van der Waals surface area contributed by atoms with Crippen LogP contribution in [-0.4, -0.2) is 24.8 Å². The van der Waals surface area contributed by atoms with E-state index in [-0.39, 0.29) is 0 Å². The number of rotatable bonds is 5. The Morgan fingerprint density at radius 2 is 2.00 bits per heavy atom. The third-order valence-electron chi connectivity index (χ3n) is 2.62. The van der Waals surface area contributed by atoms with Crippen LogP contribution in [0.1, 0.15) is 36.5 Å². The van der Waals surface area contributed by atoms with Gasteiger partial charge in [0.25, 0.3) is 0 Å². The van der Waals surface area contributed by atoms with Crippen molar-refractivity contribution in [1.29, 1.82) is 0 Å². The monoisotopic (exact) mass is 264 g/mol. The van der Waals surface area contributed by atoms with Crippen LogP contribution in [0, 0.1) is 26.2 Å². The molecule has 0 saturated carbocycles. The van der Waals surface area contributed by atoms with Crippen LogP contribution in [0.3, 0.4) is 0 Å². The lowest BCUT2D eigenvalue weighted by atomic mass is 10.1. The van der Waals surface area contributed by atoms with Crippen LogP contribution in [0.4, 0.5) is 4.48 Å². The first-order chi connectivity index (χ1) is 9.04. The quantitative estimate of drug-likeness (QED) is 0.653. The van der Waals surface area contributed by atoms with Gasteiger partial charge in [0.1, 0.15) is 0 Å². The highest BCUT2D eigenvalue weighted by Crippen LogP contribution is 2.08. The van der Waals surface area contributed by atoms with Crippen LogP contribution in [-0.2, 0) is 0 Å². The Bertz CT molecular complexity index is 396. The third kappa shape index (κ3) is 8.36. The van der Waals surface area contributed by atoms with Crippen LogP contribution in [0.2, 0.25) is 0 Å². The van der Waals surface area contributed by atoms with Gasteiger partial charge in [-0.1, -0.05) is 25.0 Å². The van der Waals surface area contributed by atoms with Gasteiger partial charge in [-0.05, 0) is 50.4 Å². The molecule has 3 heteroatoms. The van der Waals surface area contributed by atoms with Crippen molar-refractivity contribution in [3.05, 3.63) is 34.9 Å². The Kier molecular flexibility index (Phi) is 9.78. The second-order valence-electron chi connectivity index (χ2n) is 4.51. The molecular formula is C16H25FN2. The van der Waals surface area contributed by atoms with E-state index in [0.717, 1.165) is 23.5 Å². The molecule has 0 bridgehead atoms. The first-order valence-corrected chi connectivity index (χ1v) is 6.69. The molecule has 0 unspecified atom stereocenters. The highest BCUT2D eigenvalue weighted by atomic mass is 19.2. The maximum atomic E-state index is 12.4. The molecule has 0 aliphatic heterocycles. The van der Waals surface area contributed by atoms with Gasteiger partial charge in [-0.3, -0.25) is 0 Å². The van der Waals surface area contributed by atoms with Gasteiger partial charge >= 0.3 is 0 Å². The minimum Gasteiger partial charge on any atom is -0.330 e. The molecule has 2 nitrogen and oxygen atoms in total. The van der Waals surface area contributed by atoms with Crippen LogP contribution < -0.4 is 5.73 Å². The minimum absolute atomic E-state index is 0.477. The first-order valence-electron chi connectivity index (χ1n) is 6.69. The minimum atomic E-state index is 0.477. The fourth-order valence-electron chi connectivity index (χ4n) is 1.51. The normalized spacial score (nSPS) is 9.74. The van der Waals surface area contributed by atoms with Crippen LogP contribution >= 0.6 is 0 Å². The largest absolute Gasteiger partial charge is 0.330 e. The molecule has 0 saturated heterocycles. The van der Waals surface area contributed by atoms with E-state index in [1.54, 1.807) is 0 Å². The summed E-state index contributed by atoms with van der Waals surface area (Å²) in [5.41, 5.74) is 8.57. The highest BCUT2D eigenvalue weighted by Gasteiger charge is 1.97. The molecule has 106 valence electrons. The summed E-state index contributed by atoms with van der Waals surface area (Å²) in [4.78, 5) is 0. The summed E-state index contributed by atoms with van der Waals surface area (Å²) < 4.78 is 12.4. The lowest BCUT2D eigenvalue weighted by Gasteiger charge is -2.07. The van der Waals surface area contributed by atoms with Crippen LogP contribution in [0.5, 0.6) is 0 Å². The van der Waals surface area contributed by atoms with E-state index in [1.807, 2.05) is 32.9 Å². The molecule has 0 aromatic heterocycles. The van der Waals surface area contributed by atoms with Crippen molar-refractivity contribution in [2.45, 2.75) is 33.6 Å². The molecule has 1 aromatic carbocycles. The Balaban J connectivity index is 0.000000344. The van der Waals surface area contributed by atoms with E-state index in [9.17, 15) is 4.48 Å².